The number of benzene rings is 8. The minimum Gasteiger partial charge on any atom is -0.508 e. The quantitative estimate of drug-likeness (QED) is 0.0295. The number of nitrogens with one attached hydrogen (secondary N) is 2. The number of guanidine groups is 1. The Hall–Kier alpha value is -10.5. The Balaban J connectivity index is 0.897. The van der Waals surface area contributed by atoms with Crippen LogP contribution in [0.4, 0.5) is 11.5 Å². The molecule has 3 spiro atoms. The van der Waals surface area contributed by atoms with Crippen LogP contribution in [-0.4, -0.2) is 84.5 Å². The summed E-state index contributed by atoms with van der Waals surface area (Å²) in [6.45, 7) is 3.50. The molecule has 0 amide bonds. The Labute approximate surface area is 616 Å². The number of piperazine rings is 1. The van der Waals surface area contributed by atoms with Crippen LogP contribution in [0.2, 0.25) is 0 Å². The molecule has 1 saturated heterocycles. The molecule has 21 rings (SSSR count). The van der Waals surface area contributed by atoms with Crippen LogP contribution in [0.25, 0.3) is 66.6 Å². The summed E-state index contributed by atoms with van der Waals surface area (Å²) in [6, 6.07) is 51.7. The van der Waals surface area contributed by atoms with Crippen LogP contribution in [0, 0.1) is 58.7 Å². The minimum atomic E-state index is -0.914. The van der Waals surface area contributed by atoms with E-state index >= 15 is 4.79 Å². The average Bonchev–Trinajstić information content (AvgIpc) is 1.47. The molecule has 0 unspecified atom stereocenters. The molecule has 13 atom stereocenters. The Morgan fingerprint density at radius 2 is 1.70 bits per heavy atom. The third-order valence-electron chi connectivity index (χ3n) is 27.3. The normalized spacial score (nSPS) is 28.3. The van der Waals surface area contributed by atoms with Gasteiger partial charge in [-0.15, -0.1) is 0 Å². The number of aliphatic hydroxyl groups is 2. The average molecular weight is 1400 g/mol. The van der Waals surface area contributed by atoms with Gasteiger partial charge in [-0.3, -0.25) is 4.79 Å². The SMILES string of the molecule is COc1c2c(c3oc(-c4ccc(O)cc4)cc(=O)c3c1OCC[C@@H](O)/C=C/c1ccccc1)[C@H]1C#C[C@@H]3NCCN4c5[nH]c(cc5-c5cccc(c5)C1)[C@]1(C)[C@@H]5CC[C@@H]6C#C[C@@H]7[C@H]8C=C(CC[C@@]61CC5)c1ccc5cc6ccccc6c6c5c1[C@@]8(CC6)C[C@@]7(c1ccc(c(N=C(N)N)c1)C[C@H](CO)CO2)[C@@H]34. The van der Waals surface area contributed by atoms with Crippen LogP contribution in [0.15, 0.2) is 178 Å². The highest BCUT2D eigenvalue weighted by atomic mass is 16.5. The van der Waals surface area contributed by atoms with E-state index in [0.717, 1.165) is 97.0 Å². The van der Waals surface area contributed by atoms with E-state index in [1.807, 2.05) is 36.4 Å². The first kappa shape index (κ1) is 65.1. The van der Waals surface area contributed by atoms with E-state index in [-0.39, 0.29) is 101 Å². The van der Waals surface area contributed by atoms with Gasteiger partial charge in [0.2, 0.25) is 5.75 Å². The maximum Gasteiger partial charge on any atom is 0.204 e. The molecule has 10 aromatic rings. The predicted molar refractivity (Wildman–Crippen MR) is 418 cm³/mol. The highest BCUT2D eigenvalue weighted by molar-refractivity contribution is 6.07. The Morgan fingerprint density at radius 1 is 0.830 bits per heavy atom. The number of nitrogens with zero attached hydrogens (tertiary/aromatic N) is 2. The van der Waals surface area contributed by atoms with Gasteiger partial charge in [-0.2, -0.15) is 0 Å². The molecule has 106 heavy (non-hydrogen) atoms. The highest BCUT2D eigenvalue weighted by Crippen LogP contribution is 2.73. The van der Waals surface area contributed by atoms with E-state index in [0.29, 0.717) is 48.7 Å². The number of aromatic hydroxyl groups is 1. The maximum atomic E-state index is 15.8. The number of methoxy groups -OCH3 is 1. The summed E-state index contributed by atoms with van der Waals surface area (Å²) in [6.07, 6.45) is 15.2. The molecule has 3 saturated carbocycles. The van der Waals surface area contributed by atoms with Crippen molar-refractivity contribution in [1.29, 1.82) is 0 Å². The first-order chi connectivity index (χ1) is 51.7. The molecule has 11 aliphatic rings. The summed E-state index contributed by atoms with van der Waals surface area (Å²) in [5.74, 6) is 18.0. The molecule has 14 heteroatoms. The van der Waals surface area contributed by atoms with Crippen molar-refractivity contribution in [1.82, 2.24) is 10.3 Å². The number of rotatable bonds is 10. The summed E-state index contributed by atoms with van der Waals surface area (Å²) in [7, 11) is 1.54. The minimum absolute atomic E-state index is 0.0232. The maximum absolute atomic E-state index is 15.8. The van der Waals surface area contributed by atoms with Gasteiger partial charge in [-0.1, -0.05) is 152 Å². The van der Waals surface area contributed by atoms with Gasteiger partial charge in [0.25, 0.3) is 0 Å². The highest BCUT2D eigenvalue weighted by Gasteiger charge is 2.70. The second kappa shape index (κ2) is 24.5. The molecule has 17 bridgehead atoms. The van der Waals surface area contributed by atoms with Crippen molar-refractivity contribution in [2.24, 2.45) is 51.5 Å². The zero-order valence-electron chi connectivity index (χ0n) is 59.8. The lowest BCUT2D eigenvalue weighted by Crippen LogP contribution is -2.67. The molecule has 4 fully saturated rings. The molecular weight excluding hydrogens is 1320 g/mol. The van der Waals surface area contributed by atoms with Crippen molar-refractivity contribution >= 4 is 61.6 Å². The van der Waals surface area contributed by atoms with Crippen molar-refractivity contribution in [2.75, 3.05) is 44.9 Å². The second-order valence-corrected chi connectivity index (χ2v) is 32.3. The fourth-order valence-corrected chi connectivity index (χ4v) is 22.7. The lowest BCUT2D eigenvalue weighted by molar-refractivity contribution is 0.0306. The fourth-order valence-electron chi connectivity index (χ4n) is 22.7. The van der Waals surface area contributed by atoms with Crippen LogP contribution in [0.1, 0.15) is 121 Å². The molecule has 5 aliphatic heterocycles. The van der Waals surface area contributed by atoms with Crippen molar-refractivity contribution in [2.45, 2.75) is 124 Å². The van der Waals surface area contributed by atoms with Gasteiger partial charge in [-0.05, 0) is 196 Å². The summed E-state index contributed by atoms with van der Waals surface area (Å²) in [5, 5.41) is 43.7. The Bertz CT molecular complexity index is 5630. The largest absolute Gasteiger partial charge is 0.508 e. The van der Waals surface area contributed by atoms with Gasteiger partial charge in [0.05, 0.1) is 55.7 Å². The number of H-pyrrole nitrogens is 1. The summed E-state index contributed by atoms with van der Waals surface area (Å²) in [5.41, 5.74) is 26.2. The Kier molecular flexibility index (Phi) is 15.1. The lowest BCUT2D eigenvalue weighted by atomic mass is 9.49. The summed E-state index contributed by atoms with van der Waals surface area (Å²) >= 11 is 0. The van der Waals surface area contributed by atoms with Crippen molar-refractivity contribution in [3.63, 3.8) is 0 Å². The number of aromatic amines is 1. The molecule has 14 nitrogen and oxygen atoms in total. The van der Waals surface area contributed by atoms with E-state index in [9.17, 15) is 15.3 Å². The number of hydrogen-bond acceptors (Lipinski definition) is 11. The van der Waals surface area contributed by atoms with Crippen molar-refractivity contribution < 1.29 is 33.9 Å². The van der Waals surface area contributed by atoms with Gasteiger partial charge in [0.15, 0.2) is 28.5 Å². The Morgan fingerprint density at radius 3 is 2.56 bits per heavy atom. The van der Waals surface area contributed by atoms with E-state index in [1.165, 1.54) is 55.6 Å². The first-order valence-electron chi connectivity index (χ1n) is 38.3. The summed E-state index contributed by atoms with van der Waals surface area (Å²) < 4.78 is 28.2. The number of phenols is 1. The van der Waals surface area contributed by atoms with Crippen molar-refractivity contribution in [3.8, 4) is 69.1 Å². The molecule has 7 heterocycles. The number of fused-ring (bicyclic) bond motifs is 13. The standard InChI is InChI=1S/C92H86N6O8/c1-89-62-22-23-63-24-29-71-72-45-58(31-36-91(63,89)37-32-62)68-28-19-61-44-57-12-6-7-14-67(57)69-33-35-90(72,81(68)78(61)69)51-92(71)64-21-16-59(74(46-64)96-88(93)94)43-54(49-99)50-105-83-79(60-20-30-73-86(92)98(39-38-95-73)87-70(47-77(89)97-87)56-13-8-11-53(41-56)42-60)82-80(75(102)48-76(106-82)55-17-26-65(100)27-18-55)84(85(83)103-2)104-40-34-66(101)25-15-52-9-4-3-5-10-52/h3-19,21,25-28,41,44-48,54,60,62-63,66,71-73,86,95,97,99-101H,22-23,31-40,42-43,49-51H2,1-2H3,(H4,93,94,96)/b25-15+/t54-,60+,62-,63-,66+,71-,72-,73+,86-,89+,90+,91-,92+/m1/s1. The fraction of sp³-hybridized carbons (Fsp3) is 0.348. The number of aliphatic hydroxyl groups excluding tert-OH is 2. The number of aromatic nitrogens is 1. The topological polar surface area (TPSA) is 214 Å². The van der Waals surface area contributed by atoms with Crippen molar-refractivity contribution in [3.05, 3.63) is 224 Å². The third kappa shape index (κ3) is 9.62. The molecule has 2 aromatic heterocycles. The number of hydrogen-bond donors (Lipinski definition) is 7. The number of allylic oxidation sites excluding steroid dienone is 2. The third-order valence-corrected chi connectivity index (χ3v) is 27.3. The zero-order chi connectivity index (χ0) is 71.5. The summed E-state index contributed by atoms with van der Waals surface area (Å²) in [4.78, 5) is 28.1. The van der Waals surface area contributed by atoms with Crippen LogP contribution < -0.4 is 41.3 Å². The number of nitrogens with two attached hydrogens (primary N) is 2. The van der Waals surface area contributed by atoms with Gasteiger partial charge in [-0.25, -0.2) is 4.99 Å². The molecular formula is C92H86N6O8. The van der Waals surface area contributed by atoms with E-state index in [2.05, 4.69) is 143 Å². The number of aryl methyl sites for hydroxylation is 1. The van der Waals surface area contributed by atoms with Gasteiger partial charge in [0.1, 0.15) is 22.7 Å². The number of anilines is 1. The van der Waals surface area contributed by atoms with Gasteiger partial charge >= 0.3 is 0 Å². The van der Waals surface area contributed by atoms with Crippen LogP contribution in [0.5, 0.6) is 23.0 Å². The second-order valence-electron chi connectivity index (χ2n) is 32.3. The van der Waals surface area contributed by atoms with Gasteiger partial charge in [0, 0.05) is 88.9 Å². The van der Waals surface area contributed by atoms with E-state index < -0.39 is 46.3 Å². The molecule has 0 radical (unpaired) electrons. The van der Waals surface area contributed by atoms with Crippen LogP contribution >= 0.6 is 0 Å². The predicted octanol–water partition coefficient (Wildman–Crippen LogP) is 15.0. The molecule has 532 valence electrons. The van der Waals surface area contributed by atoms with Crippen LogP contribution in [-0.2, 0) is 35.5 Å². The van der Waals surface area contributed by atoms with Gasteiger partial charge < -0.3 is 60.6 Å². The molecule has 8 aromatic carbocycles. The number of ether oxygens (including phenoxy) is 3. The van der Waals surface area contributed by atoms with E-state index in [1.54, 1.807) is 37.5 Å². The smallest absolute Gasteiger partial charge is 0.204 e. The monoisotopic (exact) mass is 1400 g/mol. The van der Waals surface area contributed by atoms with E-state index in [4.69, 9.17) is 35.1 Å². The number of phenolic OH excluding ortho intramolecular Hbond substituents is 1. The number of aliphatic imine (C=N–C) groups is 1. The van der Waals surface area contributed by atoms with Crippen LogP contribution in [0.3, 0.4) is 0 Å². The zero-order valence-corrected chi connectivity index (χ0v) is 59.8. The first-order valence-corrected chi connectivity index (χ1v) is 38.3. The molecule has 6 aliphatic carbocycles. The lowest BCUT2D eigenvalue weighted by Gasteiger charge is -2.55. The molecule has 9 N–H and O–H groups in total.